The number of pyridine rings is 1. The maximum absolute atomic E-state index is 13.8. The zero-order chi connectivity index (χ0) is 30.3. The van der Waals surface area contributed by atoms with Crippen molar-refractivity contribution in [3.05, 3.63) is 155 Å². The topological polar surface area (TPSA) is 52.2 Å². The van der Waals surface area contributed by atoms with Gasteiger partial charge in [0.2, 0.25) is 0 Å². The SMILES string of the molecule is CC1(C)c2ccccc2-c2cc3c4ccccc4n(-c4cc(-c5ccccc5)cn5c(=O)nc(-c6ccccc6)nc45)c3cc21. The molecule has 0 fully saturated rings. The Hall–Kier alpha value is -5.81. The summed E-state index contributed by atoms with van der Waals surface area (Å²) in [5.74, 6) is 0.410. The summed E-state index contributed by atoms with van der Waals surface area (Å²) in [7, 11) is 0. The van der Waals surface area contributed by atoms with Crippen LogP contribution in [0.1, 0.15) is 25.0 Å². The maximum Gasteiger partial charge on any atom is 0.355 e. The fourth-order valence-corrected chi connectivity index (χ4v) is 7.19. The Morgan fingerprint density at radius 2 is 1.27 bits per heavy atom. The van der Waals surface area contributed by atoms with Gasteiger partial charge in [0.15, 0.2) is 11.5 Å². The number of aromatic nitrogens is 4. The Balaban J connectivity index is 1.43. The van der Waals surface area contributed by atoms with Gasteiger partial charge in [0, 0.05) is 33.5 Å². The normalized spacial score (nSPS) is 13.4. The monoisotopic (exact) mass is 580 g/mol. The van der Waals surface area contributed by atoms with Crippen LogP contribution in [0.5, 0.6) is 0 Å². The molecule has 3 aromatic heterocycles. The Bertz CT molecular complexity index is 2530. The van der Waals surface area contributed by atoms with Crippen molar-refractivity contribution >= 4 is 27.5 Å². The van der Waals surface area contributed by atoms with E-state index >= 15 is 0 Å². The number of benzene rings is 5. The first-order chi connectivity index (χ1) is 22.0. The molecule has 0 saturated heterocycles. The molecule has 5 aromatic carbocycles. The van der Waals surface area contributed by atoms with Crippen LogP contribution in [0, 0.1) is 0 Å². The van der Waals surface area contributed by atoms with Gasteiger partial charge < -0.3 is 4.57 Å². The van der Waals surface area contributed by atoms with Crippen molar-refractivity contribution in [3.8, 4) is 39.3 Å². The summed E-state index contributed by atoms with van der Waals surface area (Å²) in [5.41, 5.74) is 10.9. The van der Waals surface area contributed by atoms with Crippen molar-refractivity contribution in [3.63, 3.8) is 0 Å². The van der Waals surface area contributed by atoms with E-state index in [1.807, 2.05) is 54.7 Å². The van der Waals surface area contributed by atoms with Crippen molar-refractivity contribution in [2.45, 2.75) is 19.3 Å². The molecular weight excluding hydrogens is 552 g/mol. The molecule has 0 unspecified atom stereocenters. The third-order valence-corrected chi connectivity index (χ3v) is 9.39. The van der Waals surface area contributed by atoms with Gasteiger partial charge in [-0.2, -0.15) is 4.98 Å². The lowest BCUT2D eigenvalue weighted by molar-refractivity contribution is 0.661. The van der Waals surface area contributed by atoms with Crippen molar-refractivity contribution < 1.29 is 0 Å². The van der Waals surface area contributed by atoms with Crippen molar-refractivity contribution in [2.24, 2.45) is 0 Å². The molecule has 5 nitrogen and oxygen atoms in total. The maximum atomic E-state index is 13.8. The largest absolute Gasteiger partial charge is 0.355 e. The van der Waals surface area contributed by atoms with Gasteiger partial charge in [-0.3, -0.25) is 0 Å². The summed E-state index contributed by atoms with van der Waals surface area (Å²) in [6.45, 7) is 4.61. The number of rotatable bonds is 3. The van der Waals surface area contributed by atoms with Gasteiger partial charge in [-0.15, -0.1) is 0 Å². The highest BCUT2D eigenvalue weighted by molar-refractivity contribution is 6.12. The smallest absolute Gasteiger partial charge is 0.306 e. The first kappa shape index (κ1) is 25.7. The van der Waals surface area contributed by atoms with Crippen molar-refractivity contribution in [2.75, 3.05) is 0 Å². The van der Waals surface area contributed by atoms with Crippen LogP contribution in [-0.4, -0.2) is 18.9 Å². The summed E-state index contributed by atoms with van der Waals surface area (Å²) >= 11 is 0. The molecular formula is C40H28N4O. The van der Waals surface area contributed by atoms with Crippen LogP contribution in [0.25, 0.3) is 66.8 Å². The molecule has 0 bridgehead atoms. The van der Waals surface area contributed by atoms with E-state index in [0.29, 0.717) is 11.5 Å². The quantitative estimate of drug-likeness (QED) is 0.210. The van der Waals surface area contributed by atoms with Crippen LogP contribution in [0.4, 0.5) is 0 Å². The predicted molar refractivity (Wildman–Crippen MR) is 182 cm³/mol. The minimum absolute atomic E-state index is 0.158. The molecule has 0 radical (unpaired) electrons. The average molecular weight is 581 g/mol. The van der Waals surface area contributed by atoms with Crippen LogP contribution >= 0.6 is 0 Å². The fraction of sp³-hybridized carbons (Fsp3) is 0.0750. The zero-order valence-electron chi connectivity index (χ0n) is 24.9. The molecule has 1 aliphatic carbocycles. The predicted octanol–water partition coefficient (Wildman–Crippen LogP) is 8.83. The highest BCUT2D eigenvalue weighted by Gasteiger charge is 2.36. The molecule has 214 valence electrons. The van der Waals surface area contributed by atoms with Gasteiger partial charge in [0.05, 0.1) is 16.7 Å². The highest BCUT2D eigenvalue weighted by Crippen LogP contribution is 2.51. The Morgan fingerprint density at radius 1 is 0.578 bits per heavy atom. The number of hydrogen-bond donors (Lipinski definition) is 0. The average Bonchev–Trinajstić information content (AvgIpc) is 3.52. The second kappa shape index (κ2) is 9.34. The molecule has 9 rings (SSSR count). The molecule has 1 aliphatic rings. The summed E-state index contributed by atoms with van der Waals surface area (Å²) in [5, 5.41) is 2.32. The minimum atomic E-state index is -0.365. The molecule has 5 heteroatoms. The number of para-hydroxylation sites is 1. The Kier molecular flexibility index (Phi) is 5.33. The van der Waals surface area contributed by atoms with Gasteiger partial charge in [-0.1, -0.05) is 117 Å². The Labute approximate surface area is 259 Å². The molecule has 0 saturated carbocycles. The molecule has 8 aromatic rings. The van der Waals surface area contributed by atoms with Crippen LogP contribution in [0.15, 0.2) is 138 Å². The number of fused-ring (bicyclic) bond motifs is 7. The van der Waals surface area contributed by atoms with E-state index in [1.54, 1.807) is 4.40 Å². The van der Waals surface area contributed by atoms with Crippen molar-refractivity contribution in [1.82, 2.24) is 18.9 Å². The second-order valence-corrected chi connectivity index (χ2v) is 12.3. The van der Waals surface area contributed by atoms with Crippen LogP contribution < -0.4 is 5.69 Å². The molecule has 0 spiro atoms. The lowest BCUT2D eigenvalue weighted by Gasteiger charge is -2.22. The van der Waals surface area contributed by atoms with Gasteiger partial charge in [0.1, 0.15) is 0 Å². The second-order valence-electron chi connectivity index (χ2n) is 12.3. The minimum Gasteiger partial charge on any atom is -0.306 e. The molecule has 0 amide bonds. The van der Waals surface area contributed by atoms with Crippen LogP contribution in [-0.2, 0) is 5.41 Å². The Morgan fingerprint density at radius 3 is 2.07 bits per heavy atom. The van der Waals surface area contributed by atoms with E-state index in [2.05, 4.69) is 102 Å². The summed E-state index contributed by atoms with van der Waals surface area (Å²) in [6, 6.07) is 44.0. The highest BCUT2D eigenvalue weighted by atomic mass is 16.1. The fourth-order valence-electron chi connectivity index (χ4n) is 7.19. The lowest BCUT2D eigenvalue weighted by atomic mass is 9.82. The van der Waals surface area contributed by atoms with E-state index in [4.69, 9.17) is 4.98 Å². The summed E-state index contributed by atoms with van der Waals surface area (Å²) < 4.78 is 3.88. The lowest BCUT2D eigenvalue weighted by Crippen LogP contribution is -2.21. The first-order valence-corrected chi connectivity index (χ1v) is 15.2. The third-order valence-electron chi connectivity index (χ3n) is 9.39. The standard InChI is InChI=1S/C40H28N4O/c1-40(2)32-19-11-9-17-28(32)30-22-31-29-18-10-12-20-34(29)44(35(31)23-33(30)40)36-21-27(25-13-5-3-6-14-25)24-43-38(36)41-37(42-39(43)45)26-15-7-4-8-16-26/h3-24H,1-2H3. The summed E-state index contributed by atoms with van der Waals surface area (Å²) in [6.07, 6.45) is 1.86. The van der Waals surface area contributed by atoms with Gasteiger partial charge >= 0.3 is 5.69 Å². The van der Waals surface area contributed by atoms with Gasteiger partial charge in [-0.05, 0) is 52.1 Å². The van der Waals surface area contributed by atoms with E-state index in [1.165, 1.54) is 27.6 Å². The number of hydrogen-bond acceptors (Lipinski definition) is 3. The molecule has 45 heavy (non-hydrogen) atoms. The molecule has 0 N–H and O–H groups in total. The van der Waals surface area contributed by atoms with Gasteiger partial charge in [0.25, 0.3) is 0 Å². The van der Waals surface area contributed by atoms with E-state index < -0.39 is 0 Å². The first-order valence-electron chi connectivity index (χ1n) is 15.2. The summed E-state index contributed by atoms with van der Waals surface area (Å²) in [4.78, 5) is 23.3. The number of nitrogens with zero attached hydrogens (tertiary/aromatic N) is 4. The van der Waals surface area contributed by atoms with Crippen molar-refractivity contribution in [1.29, 1.82) is 0 Å². The van der Waals surface area contributed by atoms with E-state index in [0.717, 1.165) is 38.8 Å². The molecule has 0 atom stereocenters. The van der Waals surface area contributed by atoms with Crippen LogP contribution in [0.2, 0.25) is 0 Å². The van der Waals surface area contributed by atoms with E-state index in [-0.39, 0.29) is 11.1 Å². The molecule has 3 heterocycles. The van der Waals surface area contributed by atoms with Crippen LogP contribution in [0.3, 0.4) is 0 Å². The third kappa shape index (κ3) is 3.71. The zero-order valence-corrected chi connectivity index (χ0v) is 24.9. The van der Waals surface area contributed by atoms with Gasteiger partial charge in [-0.25, -0.2) is 14.2 Å². The van der Waals surface area contributed by atoms with E-state index in [9.17, 15) is 4.79 Å². The molecule has 0 aliphatic heterocycles.